The number of hydrogen-bond acceptors (Lipinski definition) is 3. The highest BCUT2D eigenvalue weighted by Gasteiger charge is 2.12. The summed E-state index contributed by atoms with van der Waals surface area (Å²) in [4.78, 5) is 17.1. The van der Waals surface area contributed by atoms with Gasteiger partial charge in [0.05, 0.1) is 18.2 Å². The van der Waals surface area contributed by atoms with Gasteiger partial charge in [-0.2, -0.15) is 0 Å². The molecule has 0 saturated heterocycles. The molecule has 0 unspecified atom stereocenters. The van der Waals surface area contributed by atoms with E-state index in [-0.39, 0.29) is 5.91 Å². The fraction of sp³-hybridized carbons (Fsp3) is 0.158. The molecule has 3 rings (SSSR count). The molecule has 0 saturated carbocycles. The number of carbonyl (C=O) groups is 1. The van der Waals surface area contributed by atoms with Gasteiger partial charge in [-0.25, -0.2) is 0 Å². The van der Waals surface area contributed by atoms with E-state index < -0.39 is 0 Å². The first-order chi connectivity index (χ1) is 11.6. The summed E-state index contributed by atoms with van der Waals surface area (Å²) in [5.74, 6) is 0.685. The number of pyridine rings is 1. The number of carbonyl (C=O) groups excluding carboxylic acids is 1. The van der Waals surface area contributed by atoms with E-state index >= 15 is 0 Å². The number of aryl methyl sites for hydroxylation is 1. The summed E-state index contributed by atoms with van der Waals surface area (Å²) < 4.78 is 6.06. The number of ether oxygens (including phenoxy) is 1. The van der Waals surface area contributed by atoms with Gasteiger partial charge in [0.1, 0.15) is 5.75 Å². The monoisotopic (exact) mass is 384 g/mol. The van der Waals surface area contributed by atoms with Gasteiger partial charge in [0, 0.05) is 22.1 Å². The molecule has 4 nitrogen and oxygen atoms in total. The molecule has 0 spiro atoms. The Labute approximate surface area is 149 Å². The summed E-state index contributed by atoms with van der Waals surface area (Å²) >= 11 is 3.45. The molecule has 1 aromatic heterocycles. The minimum atomic E-state index is -0.112. The van der Waals surface area contributed by atoms with Crippen LogP contribution in [0.5, 0.6) is 5.75 Å². The number of fused-ring (bicyclic) bond motifs is 1. The third-order valence-electron chi connectivity index (χ3n) is 3.76. The average molecular weight is 385 g/mol. The first-order valence-corrected chi connectivity index (χ1v) is 8.34. The maximum atomic E-state index is 12.6. The van der Waals surface area contributed by atoms with Crippen molar-refractivity contribution in [1.82, 2.24) is 10.3 Å². The van der Waals surface area contributed by atoms with Crippen LogP contribution in [0.15, 0.2) is 53.0 Å². The summed E-state index contributed by atoms with van der Waals surface area (Å²) in [5, 5.41) is 3.80. The zero-order valence-corrected chi connectivity index (χ0v) is 15.1. The van der Waals surface area contributed by atoms with Crippen LogP contribution in [-0.4, -0.2) is 18.0 Å². The SMILES string of the molecule is COc1ccc(CNC(=O)c2cc(C)nc3ccc(Br)cc23)cc1. The Bertz CT molecular complexity index is 892. The average Bonchev–Trinajstić information content (AvgIpc) is 2.59. The normalized spacial score (nSPS) is 10.6. The van der Waals surface area contributed by atoms with Crippen LogP contribution in [0.2, 0.25) is 0 Å². The fourth-order valence-electron chi connectivity index (χ4n) is 2.54. The van der Waals surface area contributed by atoms with Crippen LogP contribution in [0.3, 0.4) is 0 Å². The zero-order chi connectivity index (χ0) is 17.1. The number of methoxy groups -OCH3 is 1. The standard InChI is InChI=1S/C19H17BrN2O2/c1-12-9-17(16-10-14(20)5-8-18(16)22-12)19(23)21-11-13-3-6-15(24-2)7-4-13/h3-10H,11H2,1-2H3,(H,21,23). The lowest BCUT2D eigenvalue weighted by molar-refractivity contribution is 0.0952. The molecule has 122 valence electrons. The second-order valence-electron chi connectivity index (χ2n) is 5.50. The van der Waals surface area contributed by atoms with Gasteiger partial charge < -0.3 is 10.1 Å². The maximum absolute atomic E-state index is 12.6. The van der Waals surface area contributed by atoms with Crippen molar-refractivity contribution >= 4 is 32.7 Å². The van der Waals surface area contributed by atoms with Crippen molar-refractivity contribution in [3.05, 3.63) is 69.8 Å². The molecule has 1 N–H and O–H groups in total. The van der Waals surface area contributed by atoms with Crippen LogP contribution < -0.4 is 10.1 Å². The number of amides is 1. The number of nitrogens with zero attached hydrogens (tertiary/aromatic N) is 1. The molecular weight excluding hydrogens is 368 g/mol. The van der Waals surface area contributed by atoms with E-state index in [4.69, 9.17) is 4.74 Å². The molecule has 2 aromatic carbocycles. The Morgan fingerprint density at radius 1 is 1.17 bits per heavy atom. The summed E-state index contributed by atoms with van der Waals surface area (Å²) in [6.45, 7) is 2.35. The van der Waals surface area contributed by atoms with Crippen LogP contribution >= 0.6 is 15.9 Å². The summed E-state index contributed by atoms with van der Waals surface area (Å²) in [6.07, 6.45) is 0. The van der Waals surface area contributed by atoms with E-state index in [9.17, 15) is 4.79 Å². The molecule has 0 aliphatic carbocycles. The van der Waals surface area contributed by atoms with Crippen LogP contribution in [-0.2, 0) is 6.54 Å². The molecule has 0 fully saturated rings. The van der Waals surface area contributed by atoms with E-state index in [0.29, 0.717) is 12.1 Å². The molecule has 1 heterocycles. The summed E-state index contributed by atoms with van der Waals surface area (Å²) in [6, 6.07) is 15.2. The van der Waals surface area contributed by atoms with Crippen molar-refractivity contribution < 1.29 is 9.53 Å². The molecule has 1 amide bonds. The molecule has 5 heteroatoms. The molecule has 0 bridgehead atoms. The predicted octanol–water partition coefficient (Wildman–Crippen LogP) is 4.24. The van der Waals surface area contributed by atoms with Gasteiger partial charge >= 0.3 is 0 Å². The highest BCUT2D eigenvalue weighted by atomic mass is 79.9. The second kappa shape index (κ2) is 7.01. The van der Waals surface area contributed by atoms with Crippen LogP contribution in [0.4, 0.5) is 0 Å². The van der Waals surface area contributed by atoms with Gasteiger partial charge in [0.2, 0.25) is 0 Å². The highest BCUT2D eigenvalue weighted by molar-refractivity contribution is 9.10. The summed E-state index contributed by atoms with van der Waals surface area (Å²) in [5.41, 5.74) is 3.28. The van der Waals surface area contributed by atoms with Crippen molar-refractivity contribution in [2.75, 3.05) is 7.11 Å². The molecule has 0 aliphatic rings. The van der Waals surface area contributed by atoms with Crippen molar-refractivity contribution in [3.63, 3.8) is 0 Å². The van der Waals surface area contributed by atoms with Crippen molar-refractivity contribution in [2.24, 2.45) is 0 Å². The quantitative estimate of drug-likeness (QED) is 0.731. The number of aromatic nitrogens is 1. The topological polar surface area (TPSA) is 51.2 Å². The number of halogens is 1. The molecular formula is C19H17BrN2O2. The van der Waals surface area contributed by atoms with Crippen LogP contribution in [0.1, 0.15) is 21.6 Å². The lowest BCUT2D eigenvalue weighted by Crippen LogP contribution is -2.23. The Morgan fingerprint density at radius 2 is 1.92 bits per heavy atom. The Morgan fingerprint density at radius 3 is 2.62 bits per heavy atom. The number of nitrogens with one attached hydrogen (secondary N) is 1. The van der Waals surface area contributed by atoms with E-state index in [0.717, 1.165) is 32.4 Å². The summed E-state index contributed by atoms with van der Waals surface area (Å²) in [7, 11) is 1.63. The second-order valence-corrected chi connectivity index (χ2v) is 6.42. The Balaban J connectivity index is 1.84. The molecule has 24 heavy (non-hydrogen) atoms. The van der Waals surface area contributed by atoms with Gasteiger partial charge in [-0.05, 0) is 48.9 Å². The Kier molecular flexibility index (Phi) is 4.81. The van der Waals surface area contributed by atoms with E-state index in [1.165, 1.54) is 0 Å². The smallest absolute Gasteiger partial charge is 0.252 e. The largest absolute Gasteiger partial charge is 0.497 e. The first kappa shape index (κ1) is 16.5. The van der Waals surface area contributed by atoms with Crippen LogP contribution in [0, 0.1) is 6.92 Å². The molecule has 0 radical (unpaired) electrons. The van der Waals surface area contributed by atoms with Crippen molar-refractivity contribution in [2.45, 2.75) is 13.5 Å². The van der Waals surface area contributed by atoms with Gasteiger partial charge in [0.25, 0.3) is 5.91 Å². The number of benzene rings is 2. The van der Waals surface area contributed by atoms with Gasteiger partial charge in [-0.1, -0.05) is 28.1 Å². The minimum absolute atomic E-state index is 0.112. The predicted molar refractivity (Wildman–Crippen MR) is 98.3 cm³/mol. The third kappa shape index (κ3) is 3.57. The molecule has 0 aliphatic heterocycles. The van der Waals surface area contributed by atoms with E-state index in [1.807, 2.05) is 55.5 Å². The van der Waals surface area contributed by atoms with Crippen molar-refractivity contribution in [1.29, 1.82) is 0 Å². The molecule has 3 aromatic rings. The highest BCUT2D eigenvalue weighted by Crippen LogP contribution is 2.23. The fourth-order valence-corrected chi connectivity index (χ4v) is 2.90. The third-order valence-corrected chi connectivity index (χ3v) is 4.25. The lowest BCUT2D eigenvalue weighted by Gasteiger charge is -2.10. The van der Waals surface area contributed by atoms with Crippen LogP contribution in [0.25, 0.3) is 10.9 Å². The minimum Gasteiger partial charge on any atom is -0.497 e. The zero-order valence-electron chi connectivity index (χ0n) is 13.5. The van der Waals surface area contributed by atoms with E-state index in [2.05, 4.69) is 26.2 Å². The number of hydrogen-bond donors (Lipinski definition) is 1. The lowest BCUT2D eigenvalue weighted by atomic mass is 10.1. The first-order valence-electron chi connectivity index (χ1n) is 7.55. The van der Waals surface area contributed by atoms with Gasteiger partial charge in [-0.15, -0.1) is 0 Å². The van der Waals surface area contributed by atoms with Gasteiger partial charge in [0.15, 0.2) is 0 Å². The number of rotatable bonds is 4. The van der Waals surface area contributed by atoms with Gasteiger partial charge in [-0.3, -0.25) is 9.78 Å². The Hall–Kier alpha value is -2.40. The van der Waals surface area contributed by atoms with E-state index in [1.54, 1.807) is 7.11 Å². The maximum Gasteiger partial charge on any atom is 0.252 e. The van der Waals surface area contributed by atoms with Crippen molar-refractivity contribution in [3.8, 4) is 5.75 Å². The molecule has 0 atom stereocenters.